The van der Waals surface area contributed by atoms with Crippen molar-refractivity contribution in [2.24, 2.45) is 5.41 Å². The molecular formula is C13H14ClFN2O4. The Morgan fingerprint density at radius 2 is 1.95 bits per heavy atom. The maximum absolute atomic E-state index is 13.2. The summed E-state index contributed by atoms with van der Waals surface area (Å²) in [6.07, 6.45) is -0.370. The maximum Gasteiger partial charge on any atom is 0.325 e. The lowest BCUT2D eigenvalue weighted by Gasteiger charge is -2.17. The molecule has 1 aromatic carbocycles. The first-order chi connectivity index (χ1) is 9.61. The molecule has 114 valence electrons. The Labute approximate surface area is 125 Å². The summed E-state index contributed by atoms with van der Waals surface area (Å²) in [7, 11) is 0. The van der Waals surface area contributed by atoms with Gasteiger partial charge in [-0.15, -0.1) is 0 Å². The highest BCUT2D eigenvalue weighted by atomic mass is 35.5. The fourth-order valence-electron chi connectivity index (χ4n) is 1.38. The monoisotopic (exact) mass is 316 g/mol. The summed E-state index contributed by atoms with van der Waals surface area (Å²) < 4.78 is 13.2. The summed E-state index contributed by atoms with van der Waals surface area (Å²) in [5.74, 6) is -2.63. The second kappa shape index (κ2) is 6.53. The van der Waals surface area contributed by atoms with Crippen molar-refractivity contribution in [3.63, 3.8) is 0 Å². The van der Waals surface area contributed by atoms with Crippen molar-refractivity contribution in [1.29, 1.82) is 0 Å². The molecule has 0 aliphatic carbocycles. The van der Waals surface area contributed by atoms with Crippen molar-refractivity contribution < 1.29 is 23.9 Å². The van der Waals surface area contributed by atoms with Gasteiger partial charge in [-0.3, -0.25) is 14.9 Å². The number of urea groups is 1. The molecule has 0 bridgehead atoms. The van der Waals surface area contributed by atoms with E-state index in [0.29, 0.717) is 0 Å². The standard InChI is InChI=1S/C13H14ClFN2O4/c1-13(2,11(19)20)6-10(18)17-12(21)16-7-3-4-8(14)9(15)5-7/h3-5H,6H2,1-2H3,(H,19,20)(H2,16,17,18,21). The van der Waals surface area contributed by atoms with Crippen LogP contribution in [0.25, 0.3) is 0 Å². The van der Waals surface area contributed by atoms with Crippen molar-refractivity contribution in [3.05, 3.63) is 29.0 Å². The Bertz CT molecular complexity index is 590. The summed E-state index contributed by atoms with van der Waals surface area (Å²) in [6, 6.07) is 2.72. The molecule has 3 amide bonds. The summed E-state index contributed by atoms with van der Waals surface area (Å²) in [5.41, 5.74) is -1.18. The second-order valence-electron chi connectivity index (χ2n) is 5.00. The summed E-state index contributed by atoms with van der Waals surface area (Å²) >= 11 is 5.49. The molecule has 0 fully saturated rings. The van der Waals surface area contributed by atoms with Crippen LogP contribution in [0.2, 0.25) is 5.02 Å². The number of hydrogen-bond acceptors (Lipinski definition) is 3. The zero-order chi connectivity index (χ0) is 16.2. The molecule has 3 N–H and O–H groups in total. The number of carbonyl (C=O) groups is 3. The second-order valence-corrected chi connectivity index (χ2v) is 5.40. The molecular weight excluding hydrogens is 303 g/mol. The van der Waals surface area contributed by atoms with Gasteiger partial charge in [0.2, 0.25) is 5.91 Å². The molecule has 0 unspecified atom stereocenters. The minimum absolute atomic E-state index is 0.0970. The van der Waals surface area contributed by atoms with Gasteiger partial charge >= 0.3 is 12.0 Å². The van der Waals surface area contributed by atoms with Crippen molar-refractivity contribution in [3.8, 4) is 0 Å². The van der Waals surface area contributed by atoms with Crippen LogP contribution in [0.15, 0.2) is 18.2 Å². The third-order valence-electron chi connectivity index (χ3n) is 2.61. The Balaban J connectivity index is 2.59. The van der Waals surface area contributed by atoms with E-state index in [2.05, 4.69) is 5.32 Å². The average molecular weight is 317 g/mol. The van der Waals surface area contributed by atoms with Crippen LogP contribution in [0.1, 0.15) is 20.3 Å². The maximum atomic E-state index is 13.2. The smallest absolute Gasteiger partial charge is 0.325 e. The number of anilines is 1. The van der Waals surface area contributed by atoms with Crippen LogP contribution >= 0.6 is 11.6 Å². The minimum Gasteiger partial charge on any atom is -0.481 e. The number of halogens is 2. The van der Waals surface area contributed by atoms with Crippen LogP contribution < -0.4 is 10.6 Å². The molecule has 0 aromatic heterocycles. The van der Waals surface area contributed by atoms with Gasteiger partial charge in [-0.2, -0.15) is 0 Å². The SMILES string of the molecule is CC(C)(CC(=O)NC(=O)Nc1ccc(Cl)c(F)c1)C(=O)O. The van der Waals surface area contributed by atoms with Gasteiger partial charge < -0.3 is 10.4 Å². The number of nitrogens with one attached hydrogen (secondary N) is 2. The largest absolute Gasteiger partial charge is 0.481 e. The molecule has 0 radical (unpaired) electrons. The van der Waals surface area contributed by atoms with Crippen LogP contribution in [0.4, 0.5) is 14.9 Å². The highest BCUT2D eigenvalue weighted by Crippen LogP contribution is 2.20. The topological polar surface area (TPSA) is 95.5 Å². The van der Waals surface area contributed by atoms with Gasteiger partial charge in [-0.1, -0.05) is 11.6 Å². The molecule has 0 atom stereocenters. The van der Waals surface area contributed by atoms with E-state index < -0.39 is 29.1 Å². The first-order valence-electron chi connectivity index (χ1n) is 5.91. The number of imide groups is 1. The lowest BCUT2D eigenvalue weighted by molar-refractivity contribution is -0.149. The molecule has 8 heteroatoms. The molecule has 0 spiro atoms. The Morgan fingerprint density at radius 3 is 2.48 bits per heavy atom. The normalized spacial score (nSPS) is 10.9. The van der Waals surface area contributed by atoms with E-state index >= 15 is 0 Å². The predicted octanol–water partition coefficient (Wildman–Crippen LogP) is 2.63. The zero-order valence-corrected chi connectivity index (χ0v) is 12.1. The van der Waals surface area contributed by atoms with Gasteiger partial charge in [-0.25, -0.2) is 9.18 Å². The van der Waals surface area contributed by atoms with Gasteiger partial charge in [0.05, 0.1) is 10.4 Å². The van der Waals surface area contributed by atoms with Crippen LogP contribution in [0.3, 0.4) is 0 Å². The molecule has 1 aromatic rings. The summed E-state index contributed by atoms with van der Waals surface area (Å²) in [4.78, 5) is 34.0. The quantitative estimate of drug-likeness (QED) is 0.795. The fraction of sp³-hybridized carbons (Fsp3) is 0.308. The Kier molecular flexibility index (Phi) is 5.26. The van der Waals surface area contributed by atoms with Crippen LogP contribution in [-0.4, -0.2) is 23.0 Å². The van der Waals surface area contributed by atoms with E-state index in [0.717, 1.165) is 6.07 Å². The fourth-order valence-corrected chi connectivity index (χ4v) is 1.50. The molecule has 0 saturated heterocycles. The molecule has 21 heavy (non-hydrogen) atoms. The Morgan fingerprint density at radius 1 is 1.33 bits per heavy atom. The van der Waals surface area contributed by atoms with Crippen LogP contribution in [0, 0.1) is 11.2 Å². The third-order valence-corrected chi connectivity index (χ3v) is 2.92. The van der Waals surface area contributed by atoms with Crippen molar-refractivity contribution >= 4 is 35.2 Å². The number of hydrogen-bond donors (Lipinski definition) is 3. The minimum atomic E-state index is -1.29. The van der Waals surface area contributed by atoms with E-state index in [1.165, 1.54) is 26.0 Å². The van der Waals surface area contributed by atoms with Crippen LogP contribution in [-0.2, 0) is 9.59 Å². The number of benzene rings is 1. The first-order valence-corrected chi connectivity index (χ1v) is 6.29. The van der Waals surface area contributed by atoms with Crippen LogP contribution in [0.5, 0.6) is 0 Å². The predicted molar refractivity (Wildman–Crippen MR) is 74.6 cm³/mol. The lowest BCUT2D eigenvalue weighted by atomic mass is 9.89. The molecule has 0 saturated carbocycles. The van der Waals surface area contributed by atoms with E-state index in [-0.39, 0.29) is 17.1 Å². The first kappa shape index (κ1) is 16.9. The number of rotatable bonds is 4. The van der Waals surface area contributed by atoms with Crippen molar-refractivity contribution in [2.75, 3.05) is 5.32 Å². The van der Waals surface area contributed by atoms with Gasteiger partial charge in [0.25, 0.3) is 0 Å². The van der Waals surface area contributed by atoms with Gasteiger partial charge in [-0.05, 0) is 32.0 Å². The lowest BCUT2D eigenvalue weighted by Crippen LogP contribution is -2.38. The van der Waals surface area contributed by atoms with Gasteiger partial charge in [0, 0.05) is 12.1 Å². The van der Waals surface area contributed by atoms with Crippen molar-refractivity contribution in [1.82, 2.24) is 5.32 Å². The van der Waals surface area contributed by atoms with E-state index in [1.807, 2.05) is 5.32 Å². The zero-order valence-electron chi connectivity index (χ0n) is 11.4. The summed E-state index contributed by atoms with van der Waals surface area (Å²) in [6.45, 7) is 2.72. The third kappa shape index (κ3) is 5.03. The summed E-state index contributed by atoms with van der Waals surface area (Å²) in [5, 5.41) is 13.0. The number of carboxylic acid groups (broad SMARTS) is 1. The van der Waals surface area contributed by atoms with E-state index in [4.69, 9.17) is 16.7 Å². The number of amides is 3. The number of carboxylic acids is 1. The molecule has 1 rings (SSSR count). The van der Waals surface area contributed by atoms with Gasteiger partial charge in [0.15, 0.2) is 0 Å². The average Bonchev–Trinajstić information content (AvgIpc) is 2.32. The Hall–Kier alpha value is -2.15. The number of aliphatic carboxylic acids is 1. The number of carbonyl (C=O) groups excluding carboxylic acids is 2. The highest BCUT2D eigenvalue weighted by Gasteiger charge is 2.30. The highest BCUT2D eigenvalue weighted by molar-refractivity contribution is 6.30. The molecule has 0 aliphatic heterocycles. The van der Waals surface area contributed by atoms with Crippen molar-refractivity contribution in [2.45, 2.75) is 20.3 Å². The van der Waals surface area contributed by atoms with Gasteiger partial charge in [0.1, 0.15) is 5.82 Å². The molecule has 6 nitrogen and oxygen atoms in total. The van der Waals surface area contributed by atoms with E-state index in [9.17, 15) is 18.8 Å². The molecule has 0 aliphatic rings. The van der Waals surface area contributed by atoms with E-state index in [1.54, 1.807) is 0 Å². The molecule has 0 heterocycles.